The van der Waals surface area contributed by atoms with E-state index in [1.54, 1.807) is 18.5 Å². The van der Waals surface area contributed by atoms with Crippen LogP contribution < -0.4 is 11.0 Å². The molecule has 21 heavy (non-hydrogen) atoms. The van der Waals surface area contributed by atoms with Gasteiger partial charge in [-0.05, 0) is 17.7 Å². The Labute approximate surface area is 128 Å². The molecule has 1 aromatic rings. The summed E-state index contributed by atoms with van der Waals surface area (Å²) in [5.74, 6) is 1.13. The molecule has 1 aromatic heterocycles. The molecule has 0 saturated carbocycles. The Hall–Kier alpha value is -1.31. The number of aromatic nitrogens is 2. The molecular formula is C14H21N3O3S. The Morgan fingerprint density at radius 1 is 1.62 bits per heavy atom. The zero-order valence-corrected chi connectivity index (χ0v) is 13.3. The van der Waals surface area contributed by atoms with Gasteiger partial charge in [-0.3, -0.25) is 4.57 Å². The maximum absolute atomic E-state index is 12.0. The van der Waals surface area contributed by atoms with E-state index in [1.807, 2.05) is 6.08 Å². The molecular weight excluding hydrogens is 290 g/mol. The van der Waals surface area contributed by atoms with E-state index in [2.05, 4.69) is 31.1 Å². The average Bonchev–Trinajstić information content (AvgIpc) is 2.86. The number of nitrogens with zero attached hydrogens (tertiary/aromatic N) is 2. The summed E-state index contributed by atoms with van der Waals surface area (Å²) < 4.78 is 6.99. The fourth-order valence-corrected chi connectivity index (χ4v) is 2.71. The minimum atomic E-state index is -0.369. The van der Waals surface area contributed by atoms with E-state index in [-0.39, 0.29) is 29.4 Å². The van der Waals surface area contributed by atoms with E-state index in [0.29, 0.717) is 11.6 Å². The van der Waals surface area contributed by atoms with Gasteiger partial charge in [0.2, 0.25) is 0 Å². The molecule has 1 saturated heterocycles. The number of rotatable bonds is 4. The molecule has 1 aliphatic heterocycles. The molecule has 7 heteroatoms. The van der Waals surface area contributed by atoms with Gasteiger partial charge in [-0.1, -0.05) is 26.8 Å². The van der Waals surface area contributed by atoms with Crippen molar-refractivity contribution in [2.24, 2.45) is 5.41 Å². The van der Waals surface area contributed by atoms with Crippen LogP contribution in [0.5, 0.6) is 0 Å². The fraction of sp³-hybridized carbons (Fsp3) is 0.571. The molecule has 0 radical (unpaired) electrons. The summed E-state index contributed by atoms with van der Waals surface area (Å²) in [5, 5.41) is 12.0. The third-order valence-electron chi connectivity index (χ3n) is 2.84. The number of nitrogens with one attached hydrogen (secondary N) is 1. The molecule has 2 heterocycles. The number of anilines is 1. The Morgan fingerprint density at radius 2 is 2.38 bits per heavy atom. The van der Waals surface area contributed by atoms with Gasteiger partial charge in [-0.2, -0.15) is 4.98 Å². The van der Waals surface area contributed by atoms with Crippen LogP contribution in [0, 0.1) is 5.41 Å². The smallest absolute Gasteiger partial charge is 0.351 e. The molecule has 0 aromatic carbocycles. The first-order valence-corrected chi connectivity index (χ1v) is 7.85. The summed E-state index contributed by atoms with van der Waals surface area (Å²) in [7, 11) is 0. The van der Waals surface area contributed by atoms with Gasteiger partial charge in [0.1, 0.15) is 17.5 Å². The van der Waals surface area contributed by atoms with Gasteiger partial charge in [0.05, 0.1) is 6.61 Å². The largest absolute Gasteiger partial charge is 0.393 e. The van der Waals surface area contributed by atoms with Crippen molar-refractivity contribution in [3.8, 4) is 0 Å². The Bertz CT molecular complexity index is 565. The number of hydrogen-bond donors (Lipinski definition) is 2. The van der Waals surface area contributed by atoms with Crippen LogP contribution in [0.15, 0.2) is 29.3 Å². The topological polar surface area (TPSA) is 76.4 Å². The van der Waals surface area contributed by atoms with Crippen LogP contribution >= 0.6 is 11.8 Å². The highest BCUT2D eigenvalue weighted by Crippen LogP contribution is 2.30. The summed E-state index contributed by atoms with van der Waals surface area (Å²) in [6, 6.07) is 1.73. The van der Waals surface area contributed by atoms with Gasteiger partial charge < -0.3 is 15.2 Å². The molecule has 0 aliphatic carbocycles. The van der Waals surface area contributed by atoms with Crippen molar-refractivity contribution in [3.63, 3.8) is 0 Å². The average molecular weight is 311 g/mol. The number of thioether (sulfide) groups is 1. The number of aliphatic hydroxyl groups is 1. The standard InChI is InChI=1S/C14H21N3O3S/c1-14(2,3)5-6-15-10-4-7-17(13(19)16-10)11-9-21-12(8-18)20-11/h4-7,11-12,18H,8-9H2,1-3H3,(H,15,16,19)/b6-5+/t11-,12+/m0/s1. The Balaban J connectivity index is 2.05. The second kappa shape index (κ2) is 6.64. The summed E-state index contributed by atoms with van der Waals surface area (Å²) in [6.07, 6.45) is 5.08. The lowest BCUT2D eigenvalue weighted by Crippen LogP contribution is -2.28. The van der Waals surface area contributed by atoms with Crippen LogP contribution in [-0.2, 0) is 4.74 Å². The summed E-state index contributed by atoms with van der Waals surface area (Å²) in [5.41, 5.74) is -0.571. The van der Waals surface area contributed by atoms with Crippen molar-refractivity contribution in [2.75, 3.05) is 17.7 Å². The third-order valence-corrected chi connectivity index (χ3v) is 3.95. The Morgan fingerprint density at radius 3 is 2.95 bits per heavy atom. The van der Waals surface area contributed by atoms with Gasteiger partial charge >= 0.3 is 5.69 Å². The van der Waals surface area contributed by atoms with Gasteiger partial charge in [-0.15, -0.1) is 11.8 Å². The zero-order chi connectivity index (χ0) is 15.5. The lowest BCUT2D eigenvalue weighted by molar-refractivity contribution is -0.00629. The zero-order valence-electron chi connectivity index (χ0n) is 12.4. The summed E-state index contributed by atoms with van der Waals surface area (Å²) in [4.78, 5) is 16.0. The third kappa shape index (κ3) is 4.59. The molecule has 2 rings (SSSR count). The van der Waals surface area contributed by atoms with Gasteiger partial charge in [0.15, 0.2) is 0 Å². The predicted octanol–water partition coefficient (Wildman–Crippen LogP) is 1.80. The second-order valence-corrected chi connectivity index (χ2v) is 7.07. The van der Waals surface area contributed by atoms with Crippen molar-refractivity contribution in [1.29, 1.82) is 0 Å². The molecule has 1 aliphatic rings. The molecule has 2 atom stereocenters. The van der Waals surface area contributed by atoms with E-state index in [4.69, 9.17) is 9.84 Å². The summed E-state index contributed by atoms with van der Waals surface area (Å²) >= 11 is 1.49. The number of hydrogen-bond acceptors (Lipinski definition) is 6. The van der Waals surface area contributed by atoms with E-state index in [1.165, 1.54) is 16.3 Å². The normalized spacial score (nSPS) is 22.9. The first-order valence-electron chi connectivity index (χ1n) is 6.80. The highest BCUT2D eigenvalue weighted by molar-refractivity contribution is 8.00. The molecule has 0 unspecified atom stereocenters. The molecule has 2 N–H and O–H groups in total. The van der Waals surface area contributed by atoms with E-state index >= 15 is 0 Å². The maximum atomic E-state index is 12.0. The molecule has 0 spiro atoms. The molecule has 6 nitrogen and oxygen atoms in total. The van der Waals surface area contributed by atoms with Crippen molar-refractivity contribution < 1.29 is 9.84 Å². The van der Waals surface area contributed by atoms with Gasteiger partial charge in [0.25, 0.3) is 0 Å². The van der Waals surface area contributed by atoms with Crippen LogP contribution in [0.25, 0.3) is 0 Å². The molecule has 0 bridgehead atoms. The second-order valence-electron chi connectivity index (χ2n) is 5.88. The molecule has 0 amide bonds. The van der Waals surface area contributed by atoms with Crippen LogP contribution in [0.3, 0.4) is 0 Å². The highest BCUT2D eigenvalue weighted by atomic mass is 32.2. The van der Waals surface area contributed by atoms with Crippen molar-refractivity contribution in [1.82, 2.24) is 9.55 Å². The SMILES string of the molecule is CC(C)(C)/C=C/Nc1ccn([C@@H]2CS[C@H](CO)O2)c(=O)n1. The van der Waals surface area contributed by atoms with Crippen molar-refractivity contribution >= 4 is 17.6 Å². The highest BCUT2D eigenvalue weighted by Gasteiger charge is 2.27. The van der Waals surface area contributed by atoms with E-state index < -0.39 is 0 Å². The van der Waals surface area contributed by atoms with Gasteiger partial charge in [-0.25, -0.2) is 4.79 Å². The fourth-order valence-electron chi connectivity index (χ4n) is 1.77. The quantitative estimate of drug-likeness (QED) is 0.883. The first kappa shape index (κ1) is 16.1. The lowest BCUT2D eigenvalue weighted by Gasteiger charge is -2.14. The van der Waals surface area contributed by atoms with Crippen LogP contribution in [0.4, 0.5) is 5.82 Å². The first-order chi connectivity index (χ1) is 9.89. The summed E-state index contributed by atoms with van der Waals surface area (Å²) in [6.45, 7) is 6.20. The predicted molar refractivity (Wildman–Crippen MR) is 84.2 cm³/mol. The van der Waals surface area contributed by atoms with Crippen molar-refractivity contribution in [3.05, 3.63) is 35.0 Å². The molecule has 1 fully saturated rings. The van der Waals surface area contributed by atoms with Crippen LogP contribution in [0.2, 0.25) is 0 Å². The van der Waals surface area contributed by atoms with Crippen LogP contribution in [-0.4, -0.2) is 32.5 Å². The number of aliphatic hydroxyl groups excluding tert-OH is 1. The minimum absolute atomic E-state index is 0.0550. The minimum Gasteiger partial charge on any atom is -0.393 e. The van der Waals surface area contributed by atoms with E-state index in [9.17, 15) is 4.79 Å². The molecule has 116 valence electrons. The Kier molecular flexibility index (Phi) is 5.08. The monoisotopic (exact) mass is 311 g/mol. The van der Waals surface area contributed by atoms with E-state index in [0.717, 1.165) is 0 Å². The van der Waals surface area contributed by atoms with Crippen LogP contribution in [0.1, 0.15) is 27.0 Å². The van der Waals surface area contributed by atoms with Crippen molar-refractivity contribution in [2.45, 2.75) is 32.4 Å². The number of allylic oxidation sites excluding steroid dienone is 1. The lowest BCUT2D eigenvalue weighted by atomic mass is 9.97. The number of ether oxygens (including phenoxy) is 1. The maximum Gasteiger partial charge on any atom is 0.351 e. The van der Waals surface area contributed by atoms with Gasteiger partial charge in [0, 0.05) is 11.9 Å².